The van der Waals surface area contributed by atoms with Crippen molar-refractivity contribution in [2.45, 2.75) is 102 Å². The first kappa shape index (κ1) is 58.7. The molecule has 0 amide bonds. The Bertz CT molecular complexity index is 1420. The van der Waals surface area contributed by atoms with Crippen molar-refractivity contribution in [3.05, 3.63) is 0 Å². The van der Waals surface area contributed by atoms with Crippen LogP contribution in [-0.2, 0) is 57.2 Å². The quantitative estimate of drug-likeness (QED) is 0.0359. The van der Waals surface area contributed by atoms with E-state index in [0.29, 0.717) is 29.4 Å². The highest BCUT2D eigenvalue weighted by molar-refractivity contribution is 8.03. The molecule has 352 valence electrons. The fourth-order valence-corrected chi connectivity index (χ4v) is 8.27. The molecule has 62 heavy (non-hydrogen) atoms. The predicted octanol–water partition coefficient (Wildman–Crippen LogP) is 4.86. The van der Waals surface area contributed by atoms with Crippen molar-refractivity contribution in [1.82, 2.24) is 0 Å². The Morgan fingerprint density at radius 3 is 1.00 bits per heavy atom. The van der Waals surface area contributed by atoms with Crippen LogP contribution in [0.25, 0.3) is 0 Å². The van der Waals surface area contributed by atoms with Gasteiger partial charge in [0.25, 0.3) is 0 Å². The van der Waals surface area contributed by atoms with Crippen LogP contribution in [0.15, 0.2) is 10.2 Å². The normalized spacial score (nSPS) is 12.9. The van der Waals surface area contributed by atoms with Crippen molar-refractivity contribution in [2.24, 2.45) is 10.2 Å². The molecule has 0 aliphatic rings. The Labute approximate surface area is 382 Å². The zero-order valence-corrected chi connectivity index (χ0v) is 39.3. The van der Waals surface area contributed by atoms with Crippen LogP contribution < -0.4 is 0 Å². The minimum atomic E-state index is -1.46. The molecule has 0 rings (SSSR count). The minimum absolute atomic E-state index is 0.00102. The molecular formula is C40H64N4O14S4. The molecule has 18 nitrogen and oxygen atoms in total. The van der Waals surface area contributed by atoms with Crippen LogP contribution in [0.2, 0.25) is 0 Å². The van der Waals surface area contributed by atoms with Gasteiger partial charge in [0.1, 0.15) is 39.6 Å². The van der Waals surface area contributed by atoms with E-state index in [2.05, 4.69) is 10.2 Å². The molecule has 0 aliphatic carbocycles. The summed E-state index contributed by atoms with van der Waals surface area (Å²) in [4.78, 5) is 71.2. The highest BCUT2D eigenvalue weighted by Gasteiger charge is 2.30. The fourth-order valence-electron chi connectivity index (χ4n) is 4.45. The lowest BCUT2D eigenvalue weighted by Gasteiger charge is -2.19. The van der Waals surface area contributed by atoms with Crippen molar-refractivity contribution in [2.75, 3.05) is 98.9 Å². The van der Waals surface area contributed by atoms with E-state index in [-0.39, 0.29) is 110 Å². The zero-order chi connectivity index (χ0) is 46.2. The van der Waals surface area contributed by atoms with E-state index in [1.54, 1.807) is 47.0 Å². The van der Waals surface area contributed by atoms with Gasteiger partial charge in [0.2, 0.25) is 0 Å². The number of esters is 6. The average Bonchev–Trinajstić information content (AvgIpc) is 3.26. The molecule has 2 unspecified atom stereocenters. The zero-order valence-electron chi connectivity index (χ0n) is 36.0. The third-order valence-corrected chi connectivity index (χ3v) is 12.4. The second-order valence-corrected chi connectivity index (χ2v) is 18.5. The number of unbranched alkanes of at least 4 members (excludes halogenated alkanes) is 3. The number of nitrogens with zero attached hydrogens (tertiary/aromatic N) is 4. The van der Waals surface area contributed by atoms with E-state index in [1.165, 1.54) is 13.8 Å². The monoisotopic (exact) mass is 952 g/mol. The van der Waals surface area contributed by atoms with Crippen LogP contribution in [0.1, 0.15) is 90.9 Å². The molecule has 0 spiro atoms. The van der Waals surface area contributed by atoms with Crippen molar-refractivity contribution < 1.29 is 67.4 Å². The first-order valence-corrected chi connectivity index (χ1v) is 25.2. The molecule has 0 bridgehead atoms. The van der Waals surface area contributed by atoms with E-state index >= 15 is 0 Å². The summed E-state index contributed by atoms with van der Waals surface area (Å²) in [6, 6.07) is 3.97. The van der Waals surface area contributed by atoms with Gasteiger partial charge < -0.3 is 38.6 Å². The number of carbonyl (C=O) groups is 6. The highest BCUT2D eigenvalue weighted by Crippen LogP contribution is 2.24. The maximum Gasteiger partial charge on any atom is 0.306 e. The maximum absolute atomic E-state index is 12.3. The molecule has 2 N–H and O–H groups in total. The molecule has 0 aliphatic heterocycles. The van der Waals surface area contributed by atoms with Crippen molar-refractivity contribution in [3.63, 3.8) is 0 Å². The van der Waals surface area contributed by atoms with E-state index in [1.807, 2.05) is 12.1 Å². The first-order chi connectivity index (χ1) is 29.8. The van der Waals surface area contributed by atoms with Crippen LogP contribution >= 0.6 is 47.0 Å². The van der Waals surface area contributed by atoms with Crippen LogP contribution in [0.4, 0.5) is 0 Å². The molecule has 0 radical (unpaired) electrons. The van der Waals surface area contributed by atoms with Gasteiger partial charge in [-0.1, -0.05) is 12.8 Å². The van der Waals surface area contributed by atoms with E-state index in [9.17, 15) is 39.3 Å². The van der Waals surface area contributed by atoms with Crippen LogP contribution in [-0.4, -0.2) is 156 Å². The number of azo groups is 1. The van der Waals surface area contributed by atoms with Crippen LogP contribution in [0.5, 0.6) is 0 Å². The minimum Gasteiger partial charge on any atom is -0.463 e. The summed E-state index contributed by atoms with van der Waals surface area (Å²) in [5.41, 5.74) is -2.92. The predicted molar refractivity (Wildman–Crippen MR) is 238 cm³/mol. The summed E-state index contributed by atoms with van der Waals surface area (Å²) in [6.45, 7) is 2.06. The first-order valence-electron chi connectivity index (χ1n) is 20.5. The number of aliphatic hydroxyl groups is 2. The molecule has 0 saturated heterocycles. The van der Waals surface area contributed by atoms with E-state index in [0.717, 1.165) is 48.7 Å². The smallest absolute Gasteiger partial charge is 0.306 e. The molecule has 0 heterocycles. The molecule has 0 aromatic rings. The molecule has 0 aromatic carbocycles. The maximum atomic E-state index is 12.3. The van der Waals surface area contributed by atoms with Crippen molar-refractivity contribution in [1.29, 1.82) is 10.5 Å². The van der Waals surface area contributed by atoms with Gasteiger partial charge in [-0.05, 0) is 51.0 Å². The Hall–Kier alpha value is -3.28. The summed E-state index contributed by atoms with van der Waals surface area (Å²) in [5, 5.41) is 44.8. The number of thioether (sulfide) groups is 4. The third kappa shape index (κ3) is 36.2. The van der Waals surface area contributed by atoms with Crippen LogP contribution in [0, 0.1) is 22.7 Å². The van der Waals surface area contributed by atoms with Crippen molar-refractivity contribution in [3.8, 4) is 12.1 Å². The molecular weight excluding hydrogens is 889 g/mol. The fraction of sp³-hybridized carbons (Fsp3) is 0.800. The molecule has 22 heteroatoms. The Kier molecular flexibility index (Phi) is 37.2. The number of carbonyl (C=O) groups excluding carboxylic acids is 6. The van der Waals surface area contributed by atoms with Gasteiger partial charge in [-0.25, -0.2) is 0 Å². The lowest BCUT2D eigenvalue weighted by molar-refractivity contribution is -0.152. The highest BCUT2D eigenvalue weighted by atomic mass is 32.2. The summed E-state index contributed by atoms with van der Waals surface area (Å²) < 4.78 is 30.0. The number of aliphatic hydroxyl groups excluding tert-OH is 2. The van der Waals surface area contributed by atoms with E-state index in [4.69, 9.17) is 38.6 Å². The molecule has 0 fully saturated rings. The van der Waals surface area contributed by atoms with Crippen LogP contribution in [0.3, 0.4) is 0 Å². The van der Waals surface area contributed by atoms with Gasteiger partial charge in [-0.3, -0.25) is 28.8 Å². The standard InChI is InChI=1S/C40H64N4O14S4/c1-39(31-41,13-7-33(47)55-19-21-57-37(51)10-26-60-24-6-4-3-5-23-59-25-9-35(49)53-17-15-45)43-44-40(2,32-42)14-8-34(48)56-20-22-58-38(52)12-28-62-30-29-61-27-11-36(50)54-18-16-46/h45-46H,3-30H2,1-2H3. The number of hydrogen-bond acceptors (Lipinski definition) is 22. The third-order valence-electron chi connectivity index (χ3n) is 8.03. The summed E-state index contributed by atoms with van der Waals surface area (Å²) in [5.74, 6) is 3.29. The number of nitriles is 2. The Morgan fingerprint density at radius 1 is 0.435 bits per heavy atom. The average molecular weight is 953 g/mol. The van der Waals surface area contributed by atoms with Gasteiger partial charge in [-0.15, -0.1) is 0 Å². The largest absolute Gasteiger partial charge is 0.463 e. The number of ether oxygens (including phenoxy) is 6. The van der Waals surface area contributed by atoms with Gasteiger partial charge >= 0.3 is 35.8 Å². The topological polar surface area (TPSA) is 271 Å². The van der Waals surface area contributed by atoms with Gasteiger partial charge in [0.05, 0.1) is 51.0 Å². The van der Waals surface area contributed by atoms with Gasteiger partial charge in [-0.2, -0.15) is 67.8 Å². The molecule has 0 aromatic heterocycles. The van der Waals surface area contributed by atoms with Crippen molar-refractivity contribution >= 4 is 82.9 Å². The summed E-state index contributed by atoms with van der Waals surface area (Å²) in [6.07, 6.45) is 4.85. The number of hydrogen-bond donors (Lipinski definition) is 2. The lowest BCUT2D eigenvalue weighted by atomic mass is 9.97. The SMILES string of the molecule is CC(C#N)(CCC(=O)OCCOC(=O)CCSCCCCCCSCCC(=O)OCCO)N=NC(C)(C#N)CCC(=O)OCCOC(=O)CCSCCSCCC(=O)OCCO. The van der Waals surface area contributed by atoms with E-state index < -0.39 is 35.0 Å². The Balaban J connectivity index is 4.09. The number of rotatable bonds is 40. The van der Waals surface area contributed by atoms with Gasteiger partial charge in [0.15, 0.2) is 11.1 Å². The molecule has 2 atom stereocenters. The second kappa shape index (κ2) is 39.3. The van der Waals surface area contributed by atoms with Gasteiger partial charge in [0, 0.05) is 47.4 Å². The molecule has 0 saturated carbocycles. The summed E-state index contributed by atoms with van der Waals surface area (Å²) >= 11 is 6.55. The summed E-state index contributed by atoms with van der Waals surface area (Å²) in [7, 11) is 0. The second-order valence-electron chi connectivity index (χ2n) is 13.6. The Morgan fingerprint density at radius 2 is 0.710 bits per heavy atom. The lowest BCUT2D eigenvalue weighted by Crippen LogP contribution is -2.26.